The normalized spacial score (nSPS) is 10.3. The fourth-order valence-electron chi connectivity index (χ4n) is 2.22. The van der Waals surface area contributed by atoms with Gasteiger partial charge in [0.1, 0.15) is 0 Å². The lowest BCUT2D eigenvalue weighted by Gasteiger charge is -2.19. The summed E-state index contributed by atoms with van der Waals surface area (Å²) in [6.45, 7) is 1.26. The zero-order valence-corrected chi connectivity index (χ0v) is 15.3. The molecule has 0 fully saturated rings. The molecular formula is C19H25N3OS. The molecular weight excluding hydrogens is 318 g/mol. The van der Waals surface area contributed by atoms with Crippen molar-refractivity contribution in [1.82, 2.24) is 10.2 Å². The van der Waals surface area contributed by atoms with Crippen LogP contribution in [0.3, 0.4) is 0 Å². The SMILES string of the molecule is CN(Cc1ccc(N(C)C)cc1)C(=O)NCCSc1ccccc1. The number of amides is 2. The van der Waals surface area contributed by atoms with E-state index in [1.807, 2.05) is 39.3 Å². The van der Waals surface area contributed by atoms with Gasteiger partial charge in [0.05, 0.1) is 0 Å². The van der Waals surface area contributed by atoms with Crippen molar-refractivity contribution in [3.63, 3.8) is 0 Å². The van der Waals surface area contributed by atoms with Crippen LogP contribution in [0.4, 0.5) is 10.5 Å². The van der Waals surface area contributed by atoms with E-state index in [2.05, 4.69) is 46.6 Å². The Labute approximate surface area is 148 Å². The molecule has 128 valence electrons. The van der Waals surface area contributed by atoms with Gasteiger partial charge in [0.2, 0.25) is 0 Å². The standard InChI is InChI=1S/C19H25N3OS/c1-21(2)17-11-9-16(10-12-17)15-22(3)19(23)20-13-14-24-18-7-5-4-6-8-18/h4-12H,13-15H2,1-3H3,(H,20,23). The molecule has 0 unspecified atom stereocenters. The lowest BCUT2D eigenvalue weighted by Crippen LogP contribution is -2.37. The first-order valence-electron chi connectivity index (χ1n) is 7.99. The molecule has 0 aliphatic rings. The number of nitrogens with zero attached hydrogens (tertiary/aromatic N) is 2. The second-order valence-corrected chi connectivity index (χ2v) is 6.98. The molecule has 1 N–H and O–H groups in total. The summed E-state index contributed by atoms with van der Waals surface area (Å²) < 4.78 is 0. The molecule has 0 saturated carbocycles. The van der Waals surface area contributed by atoms with Crippen molar-refractivity contribution < 1.29 is 4.79 Å². The molecule has 0 aliphatic carbocycles. The van der Waals surface area contributed by atoms with E-state index in [0.29, 0.717) is 13.1 Å². The van der Waals surface area contributed by atoms with Crippen LogP contribution < -0.4 is 10.2 Å². The minimum atomic E-state index is -0.0413. The van der Waals surface area contributed by atoms with E-state index >= 15 is 0 Å². The molecule has 2 rings (SSSR count). The van der Waals surface area contributed by atoms with Crippen molar-refractivity contribution >= 4 is 23.5 Å². The van der Waals surface area contributed by atoms with Crippen molar-refractivity contribution in [2.24, 2.45) is 0 Å². The van der Waals surface area contributed by atoms with Crippen LogP contribution in [0.5, 0.6) is 0 Å². The Bertz CT molecular complexity index is 629. The molecule has 0 bridgehead atoms. The van der Waals surface area contributed by atoms with E-state index in [1.54, 1.807) is 16.7 Å². The summed E-state index contributed by atoms with van der Waals surface area (Å²) in [6.07, 6.45) is 0. The van der Waals surface area contributed by atoms with Gasteiger partial charge in [0, 0.05) is 50.6 Å². The van der Waals surface area contributed by atoms with Crippen LogP contribution in [0.15, 0.2) is 59.5 Å². The van der Waals surface area contributed by atoms with Crippen LogP contribution in [0.2, 0.25) is 0 Å². The lowest BCUT2D eigenvalue weighted by atomic mass is 10.2. The summed E-state index contributed by atoms with van der Waals surface area (Å²) in [5, 5.41) is 2.96. The number of anilines is 1. The molecule has 2 aromatic rings. The van der Waals surface area contributed by atoms with Gasteiger partial charge in [0.25, 0.3) is 0 Å². The van der Waals surface area contributed by atoms with Crippen LogP contribution >= 0.6 is 11.8 Å². The van der Waals surface area contributed by atoms with E-state index in [9.17, 15) is 4.79 Å². The maximum absolute atomic E-state index is 12.1. The van der Waals surface area contributed by atoms with Crippen molar-refractivity contribution in [2.75, 3.05) is 38.3 Å². The summed E-state index contributed by atoms with van der Waals surface area (Å²) in [7, 11) is 5.85. The summed E-state index contributed by atoms with van der Waals surface area (Å²) in [4.78, 5) is 17.1. The first kappa shape index (κ1) is 18.2. The number of benzene rings is 2. The molecule has 0 aliphatic heterocycles. The number of thioether (sulfide) groups is 1. The fourth-order valence-corrected chi connectivity index (χ4v) is 3.01. The van der Waals surface area contributed by atoms with Gasteiger partial charge in [-0.2, -0.15) is 0 Å². The van der Waals surface area contributed by atoms with Crippen molar-refractivity contribution in [3.05, 3.63) is 60.2 Å². The highest BCUT2D eigenvalue weighted by Crippen LogP contribution is 2.16. The molecule has 0 heterocycles. The fraction of sp³-hybridized carbons (Fsp3) is 0.316. The van der Waals surface area contributed by atoms with Crippen LogP contribution in [0.25, 0.3) is 0 Å². The van der Waals surface area contributed by atoms with Crippen molar-refractivity contribution in [1.29, 1.82) is 0 Å². The highest BCUT2D eigenvalue weighted by atomic mass is 32.2. The molecule has 5 heteroatoms. The molecule has 24 heavy (non-hydrogen) atoms. The number of carbonyl (C=O) groups is 1. The van der Waals surface area contributed by atoms with E-state index in [-0.39, 0.29) is 6.03 Å². The first-order valence-corrected chi connectivity index (χ1v) is 8.98. The van der Waals surface area contributed by atoms with Crippen LogP contribution in [-0.2, 0) is 6.54 Å². The predicted octanol–water partition coefficient (Wildman–Crippen LogP) is 3.69. The summed E-state index contributed by atoms with van der Waals surface area (Å²) in [5.41, 5.74) is 2.28. The van der Waals surface area contributed by atoms with Gasteiger partial charge in [-0.3, -0.25) is 0 Å². The van der Waals surface area contributed by atoms with Crippen molar-refractivity contribution in [2.45, 2.75) is 11.4 Å². The Morgan fingerprint density at radius 1 is 1.00 bits per heavy atom. The number of rotatable bonds is 7. The van der Waals surface area contributed by atoms with Gasteiger partial charge in [-0.1, -0.05) is 30.3 Å². The number of urea groups is 1. The highest BCUT2D eigenvalue weighted by molar-refractivity contribution is 7.99. The van der Waals surface area contributed by atoms with Crippen molar-refractivity contribution in [3.8, 4) is 0 Å². The topological polar surface area (TPSA) is 35.6 Å². The van der Waals surface area contributed by atoms with Gasteiger partial charge in [-0.15, -0.1) is 11.8 Å². The second-order valence-electron chi connectivity index (χ2n) is 5.81. The Morgan fingerprint density at radius 2 is 1.67 bits per heavy atom. The van der Waals surface area contributed by atoms with Crippen LogP contribution in [0.1, 0.15) is 5.56 Å². The van der Waals surface area contributed by atoms with Gasteiger partial charge < -0.3 is 15.1 Å². The predicted molar refractivity (Wildman–Crippen MR) is 103 cm³/mol. The average molecular weight is 343 g/mol. The number of carbonyl (C=O) groups excluding carboxylic acids is 1. The molecule has 2 aromatic carbocycles. The summed E-state index contributed by atoms with van der Waals surface area (Å²) >= 11 is 1.74. The Morgan fingerprint density at radius 3 is 2.29 bits per heavy atom. The zero-order chi connectivity index (χ0) is 17.4. The van der Waals surface area contributed by atoms with E-state index in [4.69, 9.17) is 0 Å². The van der Waals surface area contributed by atoms with Gasteiger partial charge in [-0.25, -0.2) is 4.79 Å². The number of hydrogen-bond acceptors (Lipinski definition) is 3. The highest BCUT2D eigenvalue weighted by Gasteiger charge is 2.08. The third kappa shape index (κ3) is 5.81. The largest absolute Gasteiger partial charge is 0.378 e. The second kappa shape index (κ2) is 9.23. The number of hydrogen-bond donors (Lipinski definition) is 1. The maximum atomic E-state index is 12.1. The Kier molecular flexibility index (Phi) is 7.00. The number of nitrogens with one attached hydrogen (secondary N) is 1. The molecule has 0 spiro atoms. The average Bonchev–Trinajstić information content (AvgIpc) is 2.60. The van der Waals surface area contributed by atoms with E-state index in [0.717, 1.165) is 17.0 Å². The lowest BCUT2D eigenvalue weighted by molar-refractivity contribution is 0.207. The smallest absolute Gasteiger partial charge is 0.317 e. The summed E-state index contributed by atoms with van der Waals surface area (Å²) in [5.74, 6) is 0.862. The quantitative estimate of drug-likeness (QED) is 0.615. The minimum absolute atomic E-state index is 0.0413. The molecule has 0 saturated heterocycles. The molecule has 0 radical (unpaired) electrons. The molecule has 2 amide bonds. The van der Waals surface area contributed by atoms with Gasteiger partial charge >= 0.3 is 6.03 Å². The molecule has 4 nitrogen and oxygen atoms in total. The Balaban J connectivity index is 1.71. The van der Waals surface area contributed by atoms with Crippen LogP contribution in [-0.4, -0.2) is 44.4 Å². The summed E-state index contributed by atoms with van der Waals surface area (Å²) in [6, 6.07) is 18.4. The van der Waals surface area contributed by atoms with Gasteiger partial charge in [-0.05, 0) is 29.8 Å². The maximum Gasteiger partial charge on any atom is 0.317 e. The van der Waals surface area contributed by atoms with Gasteiger partial charge in [0.15, 0.2) is 0 Å². The first-order chi connectivity index (χ1) is 11.6. The molecule has 0 atom stereocenters. The van der Waals surface area contributed by atoms with E-state index < -0.39 is 0 Å². The van der Waals surface area contributed by atoms with Crippen LogP contribution in [0, 0.1) is 0 Å². The zero-order valence-electron chi connectivity index (χ0n) is 14.5. The Hall–Kier alpha value is -2.14. The molecule has 0 aromatic heterocycles. The van der Waals surface area contributed by atoms with E-state index in [1.165, 1.54) is 4.90 Å². The minimum Gasteiger partial charge on any atom is -0.378 e. The third-order valence-electron chi connectivity index (χ3n) is 3.61. The third-order valence-corrected chi connectivity index (χ3v) is 4.62. The monoisotopic (exact) mass is 343 g/mol.